The molecule has 1 aliphatic heterocycles. The molecule has 0 radical (unpaired) electrons. The lowest BCUT2D eigenvalue weighted by molar-refractivity contribution is 0.0156. The molecular formula is C16H27N3O2S. The third-order valence-electron chi connectivity index (χ3n) is 3.88. The van der Waals surface area contributed by atoms with Gasteiger partial charge in [0.25, 0.3) is 0 Å². The molecule has 1 amide bonds. The van der Waals surface area contributed by atoms with E-state index in [1.807, 2.05) is 32.6 Å². The number of nitrogens with one attached hydrogen (secondary N) is 1. The zero-order valence-corrected chi connectivity index (χ0v) is 15.0. The first-order chi connectivity index (χ1) is 10.2. The van der Waals surface area contributed by atoms with Crippen LogP contribution in [-0.2, 0) is 11.3 Å². The van der Waals surface area contributed by atoms with Gasteiger partial charge in [-0.25, -0.2) is 9.78 Å². The van der Waals surface area contributed by atoms with Gasteiger partial charge < -0.3 is 15.0 Å². The number of thiazole rings is 1. The highest BCUT2D eigenvalue weighted by molar-refractivity contribution is 7.09. The Morgan fingerprint density at radius 1 is 1.45 bits per heavy atom. The number of hydrogen-bond acceptors (Lipinski definition) is 5. The summed E-state index contributed by atoms with van der Waals surface area (Å²) in [5.41, 5.74) is 0.715. The van der Waals surface area contributed by atoms with Crippen molar-refractivity contribution in [2.24, 2.45) is 0 Å². The molecule has 1 N–H and O–H groups in total. The molecule has 0 saturated carbocycles. The van der Waals surface area contributed by atoms with Crippen LogP contribution in [0.4, 0.5) is 4.79 Å². The molecule has 0 bridgehead atoms. The lowest BCUT2D eigenvalue weighted by atomic mass is 9.89. The summed E-state index contributed by atoms with van der Waals surface area (Å²) in [5, 5.41) is 6.80. The molecule has 0 aromatic carbocycles. The van der Waals surface area contributed by atoms with Crippen LogP contribution in [0.5, 0.6) is 0 Å². The van der Waals surface area contributed by atoms with E-state index in [1.54, 1.807) is 11.3 Å². The average molecular weight is 325 g/mol. The standard InChI is InChI=1S/C16H27N3O2S/c1-12-18-13(11-22-12)10-17-16(5)6-8-19(9-7-16)14(20)21-15(2,3)4/h11,17H,6-10H2,1-5H3. The fraction of sp³-hybridized carbons (Fsp3) is 0.750. The SMILES string of the molecule is Cc1nc(CNC2(C)CCN(C(=O)OC(C)(C)C)CC2)cs1. The minimum Gasteiger partial charge on any atom is -0.444 e. The Labute approximate surface area is 137 Å². The third-order valence-corrected chi connectivity index (χ3v) is 4.70. The number of aryl methyl sites for hydroxylation is 1. The summed E-state index contributed by atoms with van der Waals surface area (Å²) in [4.78, 5) is 18.4. The van der Waals surface area contributed by atoms with Crippen molar-refractivity contribution in [2.45, 2.75) is 65.1 Å². The van der Waals surface area contributed by atoms with Crippen molar-refractivity contribution in [3.05, 3.63) is 16.1 Å². The van der Waals surface area contributed by atoms with Crippen LogP contribution in [0.3, 0.4) is 0 Å². The van der Waals surface area contributed by atoms with Crippen LogP contribution in [0.1, 0.15) is 51.2 Å². The molecule has 1 aliphatic rings. The van der Waals surface area contributed by atoms with Gasteiger partial charge >= 0.3 is 6.09 Å². The van der Waals surface area contributed by atoms with Crippen LogP contribution in [0.25, 0.3) is 0 Å². The molecule has 1 fully saturated rings. The Balaban J connectivity index is 1.81. The fourth-order valence-electron chi connectivity index (χ4n) is 2.48. The first kappa shape index (κ1) is 17.2. The minimum atomic E-state index is -0.432. The van der Waals surface area contributed by atoms with Gasteiger partial charge in [0.15, 0.2) is 0 Å². The van der Waals surface area contributed by atoms with E-state index in [2.05, 4.69) is 22.6 Å². The van der Waals surface area contributed by atoms with Crippen LogP contribution in [0.15, 0.2) is 5.38 Å². The van der Waals surface area contributed by atoms with Crippen molar-refractivity contribution in [3.63, 3.8) is 0 Å². The van der Waals surface area contributed by atoms with E-state index in [0.717, 1.165) is 43.2 Å². The van der Waals surface area contributed by atoms with E-state index in [4.69, 9.17) is 4.74 Å². The van der Waals surface area contributed by atoms with E-state index in [-0.39, 0.29) is 11.6 Å². The molecule has 0 spiro atoms. The third kappa shape index (κ3) is 4.95. The second kappa shape index (κ2) is 6.54. The van der Waals surface area contributed by atoms with Gasteiger partial charge in [-0.3, -0.25) is 0 Å². The van der Waals surface area contributed by atoms with Crippen LogP contribution in [0.2, 0.25) is 0 Å². The molecule has 2 heterocycles. The van der Waals surface area contributed by atoms with Gasteiger partial charge in [0.05, 0.1) is 10.7 Å². The van der Waals surface area contributed by atoms with Gasteiger partial charge in [-0.2, -0.15) is 0 Å². The van der Waals surface area contributed by atoms with E-state index < -0.39 is 5.60 Å². The Morgan fingerprint density at radius 2 is 2.09 bits per heavy atom. The number of amides is 1. The summed E-state index contributed by atoms with van der Waals surface area (Å²) in [6, 6.07) is 0. The number of aromatic nitrogens is 1. The lowest BCUT2D eigenvalue weighted by Crippen LogP contribution is -2.53. The molecule has 124 valence electrons. The molecule has 1 aromatic heterocycles. The van der Waals surface area contributed by atoms with Gasteiger partial charge in [0.2, 0.25) is 0 Å². The first-order valence-corrected chi connectivity index (χ1v) is 8.69. The predicted octanol–water partition coefficient (Wildman–Crippen LogP) is 3.33. The molecule has 1 aromatic rings. The van der Waals surface area contributed by atoms with Gasteiger partial charge in [0, 0.05) is 30.6 Å². The minimum absolute atomic E-state index is 0.0516. The van der Waals surface area contributed by atoms with Gasteiger partial charge in [0.1, 0.15) is 5.60 Å². The number of likely N-dealkylation sites (tertiary alicyclic amines) is 1. The van der Waals surface area contributed by atoms with Crippen molar-refractivity contribution in [3.8, 4) is 0 Å². The zero-order valence-electron chi connectivity index (χ0n) is 14.2. The molecule has 0 unspecified atom stereocenters. The summed E-state index contributed by atoms with van der Waals surface area (Å²) in [6.07, 6.45) is 1.65. The largest absolute Gasteiger partial charge is 0.444 e. The number of ether oxygens (including phenoxy) is 1. The van der Waals surface area contributed by atoms with Crippen LogP contribution in [-0.4, -0.2) is 40.2 Å². The maximum Gasteiger partial charge on any atom is 0.410 e. The maximum absolute atomic E-state index is 12.1. The number of carbonyl (C=O) groups excluding carboxylic acids is 1. The highest BCUT2D eigenvalue weighted by Crippen LogP contribution is 2.24. The summed E-state index contributed by atoms with van der Waals surface area (Å²) in [6.45, 7) is 12.2. The number of nitrogens with zero attached hydrogens (tertiary/aromatic N) is 2. The Hall–Kier alpha value is -1.14. The average Bonchev–Trinajstić information content (AvgIpc) is 2.81. The first-order valence-electron chi connectivity index (χ1n) is 7.81. The summed E-state index contributed by atoms with van der Waals surface area (Å²) < 4.78 is 5.44. The van der Waals surface area contributed by atoms with Gasteiger partial charge in [-0.15, -0.1) is 11.3 Å². The number of hydrogen-bond donors (Lipinski definition) is 1. The second-order valence-electron chi connectivity index (χ2n) is 7.24. The van der Waals surface area contributed by atoms with Crippen molar-refractivity contribution in [1.29, 1.82) is 0 Å². The van der Waals surface area contributed by atoms with Crippen molar-refractivity contribution < 1.29 is 9.53 Å². The summed E-state index contributed by atoms with van der Waals surface area (Å²) >= 11 is 1.68. The normalized spacial score (nSPS) is 18.3. The molecule has 22 heavy (non-hydrogen) atoms. The highest BCUT2D eigenvalue weighted by atomic mass is 32.1. The van der Waals surface area contributed by atoms with Crippen molar-refractivity contribution in [1.82, 2.24) is 15.2 Å². The smallest absolute Gasteiger partial charge is 0.410 e. The molecule has 0 aliphatic carbocycles. The van der Waals surface area contributed by atoms with E-state index >= 15 is 0 Å². The summed E-state index contributed by atoms with van der Waals surface area (Å²) in [7, 11) is 0. The zero-order chi connectivity index (χ0) is 16.4. The number of rotatable bonds is 3. The van der Waals surface area contributed by atoms with Gasteiger partial charge in [-0.1, -0.05) is 0 Å². The van der Waals surface area contributed by atoms with E-state index in [9.17, 15) is 4.79 Å². The van der Waals surface area contributed by atoms with Gasteiger partial charge in [-0.05, 0) is 47.5 Å². The number of carbonyl (C=O) groups is 1. The topological polar surface area (TPSA) is 54.5 Å². The Bertz CT molecular complexity index is 514. The predicted molar refractivity (Wildman–Crippen MR) is 89.1 cm³/mol. The molecule has 0 atom stereocenters. The van der Waals surface area contributed by atoms with Crippen molar-refractivity contribution >= 4 is 17.4 Å². The highest BCUT2D eigenvalue weighted by Gasteiger charge is 2.33. The fourth-order valence-corrected chi connectivity index (χ4v) is 3.09. The second-order valence-corrected chi connectivity index (χ2v) is 8.30. The van der Waals surface area contributed by atoms with E-state index in [1.165, 1.54) is 0 Å². The molecule has 1 saturated heterocycles. The molecular weight excluding hydrogens is 298 g/mol. The Kier molecular flexibility index (Phi) is 5.12. The summed E-state index contributed by atoms with van der Waals surface area (Å²) in [5.74, 6) is 0. The molecule has 5 nitrogen and oxygen atoms in total. The molecule has 2 rings (SSSR count). The quantitative estimate of drug-likeness (QED) is 0.926. The van der Waals surface area contributed by atoms with E-state index in [0.29, 0.717) is 0 Å². The lowest BCUT2D eigenvalue weighted by Gasteiger charge is -2.40. The van der Waals surface area contributed by atoms with Crippen molar-refractivity contribution in [2.75, 3.05) is 13.1 Å². The number of piperidine rings is 1. The maximum atomic E-state index is 12.1. The monoisotopic (exact) mass is 325 g/mol. The Morgan fingerprint density at radius 3 is 2.59 bits per heavy atom. The van der Waals surface area contributed by atoms with Crippen LogP contribution >= 0.6 is 11.3 Å². The molecule has 6 heteroatoms. The van der Waals surface area contributed by atoms with Crippen LogP contribution in [0, 0.1) is 6.92 Å². The van der Waals surface area contributed by atoms with Crippen LogP contribution < -0.4 is 5.32 Å².